The lowest BCUT2D eigenvalue weighted by Crippen LogP contribution is -2.13. The average Bonchev–Trinajstić information content (AvgIpc) is 3.31. The van der Waals surface area contributed by atoms with E-state index in [1.165, 1.54) is 0 Å². The Balaban J connectivity index is 1.72. The van der Waals surface area contributed by atoms with Crippen LogP contribution >= 0.6 is 0 Å². The minimum absolute atomic E-state index is 0.0452. The van der Waals surface area contributed by atoms with Crippen LogP contribution < -0.4 is 5.32 Å². The zero-order valence-electron chi connectivity index (χ0n) is 12.1. The van der Waals surface area contributed by atoms with Gasteiger partial charge in [-0.1, -0.05) is 0 Å². The van der Waals surface area contributed by atoms with E-state index in [0.717, 1.165) is 40.7 Å². The number of amides is 1. The van der Waals surface area contributed by atoms with Crippen molar-refractivity contribution in [3.63, 3.8) is 0 Å². The highest BCUT2D eigenvalue weighted by Gasteiger charge is 2.30. The third-order valence-corrected chi connectivity index (χ3v) is 3.84. The number of hydrogen-bond acceptors (Lipinski definition) is 4. The van der Waals surface area contributed by atoms with Gasteiger partial charge in [-0.3, -0.25) is 19.9 Å². The summed E-state index contributed by atoms with van der Waals surface area (Å²) < 4.78 is 0. The van der Waals surface area contributed by atoms with Gasteiger partial charge in [-0.2, -0.15) is 5.10 Å². The van der Waals surface area contributed by atoms with E-state index in [9.17, 15) is 4.79 Å². The predicted molar refractivity (Wildman–Crippen MR) is 83.2 cm³/mol. The molecule has 0 radical (unpaired) electrons. The number of nitrogens with one attached hydrogen (secondary N) is 2. The number of carbonyl (C=O) groups is 1. The van der Waals surface area contributed by atoms with Crippen molar-refractivity contribution in [2.45, 2.75) is 19.8 Å². The van der Waals surface area contributed by atoms with Crippen molar-refractivity contribution in [2.24, 2.45) is 5.92 Å². The van der Waals surface area contributed by atoms with E-state index >= 15 is 0 Å². The van der Waals surface area contributed by atoms with E-state index < -0.39 is 0 Å². The Labute approximate surface area is 127 Å². The molecule has 3 heterocycles. The Morgan fingerprint density at radius 2 is 2.14 bits per heavy atom. The molecular weight excluding hydrogens is 278 g/mol. The Hall–Kier alpha value is -2.76. The van der Waals surface area contributed by atoms with Crippen molar-refractivity contribution >= 4 is 22.6 Å². The van der Waals surface area contributed by atoms with E-state index in [1.807, 2.05) is 25.1 Å². The molecule has 0 saturated heterocycles. The van der Waals surface area contributed by atoms with E-state index in [4.69, 9.17) is 0 Å². The molecule has 1 fully saturated rings. The Kier molecular flexibility index (Phi) is 2.89. The van der Waals surface area contributed by atoms with Crippen LogP contribution in [0, 0.1) is 12.8 Å². The van der Waals surface area contributed by atoms with Crippen molar-refractivity contribution in [3.05, 3.63) is 36.3 Å². The highest BCUT2D eigenvalue weighted by molar-refractivity contribution is 6.01. The molecule has 0 bridgehead atoms. The molecule has 3 aromatic rings. The van der Waals surface area contributed by atoms with Crippen LogP contribution in [0.25, 0.3) is 22.2 Å². The lowest BCUT2D eigenvalue weighted by molar-refractivity contribution is -0.117. The van der Waals surface area contributed by atoms with Gasteiger partial charge in [0, 0.05) is 28.8 Å². The Bertz CT molecular complexity index is 849. The van der Waals surface area contributed by atoms with Crippen LogP contribution in [0.1, 0.15) is 18.5 Å². The number of pyridine rings is 2. The maximum Gasteiger partial charge on any atom is 0.228 e. The molecule has 3 aromatic heterocycles. The number of carbonyl (C=O) groups excluding carboxylic acids is 1. The lowest BCUT2D eigenvalue weighted by Gasteiger charge is -2.03. The fourth-order valence-electron chi connectivity index (χ4n) is 2.35. The number of nitrogens with zero attached hydrogens (tertiary/aromatic N) is 3. The van der Waals surface area contributed by atoms with Crippen LogP contribution in [0.5, 0.6) is 0 Å². The van der Waals surface area contributed by atoms with Gasteiger partial charge in [0.25, 0.3) is 0 Å². The summed E-state index contributed by atoms with van der Waals surface area (Å²) in [6, 6.07) is 5.86. The molecule has 0 unspecified atom stereocenters. The highest BCUT2D eigenvalue weighted by Crippen LogP contribution is 2.31. The molecule has 0 atom stereocenters. The third-order valence-electron chi connectivity index (χ3n) is 3.84. The number of aromatic amines is 1. The molecule has 6 heteroatoms. The summed E-state index contributed by atoms with van der Waals surface area (Å²) in [4.78, 5) is 20.6. The summed E-state index contributed by atoms with van der Waals surface area (Å²) >= 11 is 0. The van der Waals surface area contributed by atoms with Crippen LogP contribution in [0.4, 0.5) is 5.82 Å². The summed E-state index contributed by atoms with van der Waals surface area (Å²) in [5.74, 6) is 0.758. The van der Waals surface area contributed by atoms with Gasteiger partial charge in [-0.05, 0) is 38.0 Å². The predicted octanol–water partition coefficient (Wildman–Crippen LogP) is 2.68. The van der Waals surface area contributed by atoms with E-state index in [2.05, 4.69) is 25.5 Å². The zero-order chi connectivity index (χ0) is 15.1. The molecule has 0 aliphatic heterocycles. The fraction of sp³-hybridized carbons (Fsp3) is 0.250. The van der Waals surface area contributed by atoms with Crippen molar-refractivity contribution in [1.82, 2.24) is 20.2 Å². The van der Waals surface area contributed by atoms with Crippen LogP contribution in [-0.4, -0.2) is 26.1 Å². The van der Waals surface area contributed by atoms with Crippen LogP contribution in [-0.2, 0) is 4.79 Å². The van der Waals surface area contributed by atoms with Gasteiger partial charge in [0.05, 0.1) is 17.4 Å². The van der Waals surface area contributed by atoms with Crippen molar-refractivity contribution in [1.29, 1.82) is 0 Å². The number of aryl methyl sites for hydroxylation is 1. The van der Waals surface area contributed by atoms with Gasteiger partial charge >= 0.3 is 0 Å². The highest BCUT2D eigenvalue weighted by atomic mass is 16.2. The maximum absolute atomic E-state index is 11.9. The van der Waals surface area contributed by atoms with Gasteiger partial charge in [-0.25, -0.2) is 0 Å². The van der Waals surface area contributed by atoms with Crippen LogP contribution in [0.2, 0.25) is 0 Å². The number of rotatable bonds is 3. The Morgan fingerprint density at radius 3 is 2.86 bits per heavy atom. The van der Waals surface area contributed by atoms with Gasteiger partial charge in [0.1, 0.15) is 0 Å². The number of H-pyrrole nitrogens is 1. The molecule has 4 rings (SSSR count). The molecule has 1 amide bonds. The first-order valence-corrected chi connectivity index (χ1v) is 7.29. The zero-order valence-corrected chi connectivity index (χ0v) is 12.1. The second kappa shape index (κ2) is 4.91. The minimum Gasteiger partial charge on any atom is -0.308 e. The summed E-state index contributed by atoms with van der Waals surface area (Å²) in [6.45, 7) is 1.95. The van der Waals surface area contributed by atoms with Crippen molar-refractivity contribution < 1.29 is 4.79 Å². The monoisotopic (exact) mass is 293 g/mol. The van der Waals surface area contributed by atoms with Crippen LogP contribution in [0.3, 0.4) is 0 Å². The largest absolute Gasteiger partial charge is 0.308 e. The average molecular weight is 293 g/mol. The Morgan fingerprint density at radius 1 is 1.27 bits per heavy atom. The SMILES string of the molecule is Cc1ccc(-c2cc3c(NC(=O)C4CC4)n[nH]c3cn2)cn1. The first-order valence-electron chi connectivity index (χ1n) is 7.29. The molecule has 6 nitrogen and oxygen atoms in total. The first-order chi connectivity index (χ1) is 10.7. The fourth-order valence-corrected chi connectivity index (χ4v) is 2.35. The lowest BCUT2D eigenvalue weighted by atomic mass is 10.1. The van der Waals surface area contributed by atoms with Gasteiger partial charge in [0.2, 0.25) is 5.91 Å². The van der Waals surface area contributed by atoms with Crippen LogP contribution in [0.15, 0.2) is 30.6 Å². The van der Waals surface area contributed by atoms with Crippen molar-refractivity contribution in [2.75, 3.05) is 5.32 Å². The quantitative estimate of drug-likeness (QED) is 0.777. The molecule has 1 aliphatic rings. The molecular formula is C16H15N5O. The van der Waals surface area contributed by atoms with Gasteiger partial charge in [0.15, 0.2) is 5.82 Å². The molecule has 0 aromatic carbocycles. The number of anilines is 1. The second-order valence-corrected chi connectivity index (χ2v) is 5.64. The molecule has 0 spiro atoms. The van der Waals surface area contributed by atoms with Gasteiger partial charge < -0.3 is 5.32 Å². The minimum atomic E-state index is 0.0452. The summed E-state index contributed by atoms with van der Waals surface area (Å²) in [6.07, 6.45) is 5.46. The van der Waals surface area contributed by atoms with E-state index in [0.29, 0.717) is 5.82 Å². The van der Waals surface area contributed by atoms with Crippen molar-refractivity contribution in [3.8, 4) is 11.3 Å². The smallest absolute Gasteiger partial charge is 0.228 e. The number of aromatic nitrogens is 4. The molecule has 110 valence electrons. The topological polar surface area (TPSA) is 83.6 Å². The summed E-state index contributed by atoms with van der Waals surface area (Å²) in [7, 11) is 0. The first kappa shape index (κ1) is 12.9. The normalized spacial score (nSPS) is 14.2. The third kappa shape index (κ3) is 2.32. The standard InChI is InChI=1S/C16H15N5O/c1-9-2-3-11(7-17-9)13-6-12-14(8-18-13)20-21-15(12)19-16(22)10-4-5-10/h2-3,6-8,10H,4-5H2,1H3,(H2,19,20,21,22). The summed E-state index contributed by atoms with van der Waals surface area (Å²) in [5, 5.41) is 10.8. The van der Waals surface area contributed by atoms with E-state index in [-0.39, 0.29) is 11.8 Å². The molecule has 22 heavy (non-hydrogen) atoms. The number of hydrogen-bond donors (Lipinski definition) is 2. The molecule has 1 saturated carbocycles. The number of fused-ring (bicyclic) bond motifs is 1. The van der Waals surface area contributed by atoms with Gasteiger partial charge in [-0.15, -0.1) is 0 Å². The summed E-state index contributed by atoms with van der Waals surface area (Å²) in [5.41, 5.74) is 3.51. The van der Waals surface area contributed by atoms with E-state index in [1.54, 1.807) is 12.4 Å². The molecule has 2 N–H and O–H groups in total. The molecule has 1 aliphatic carbocycles. The second-order valence-electron chi connectivity index (χ2n) is 5.64. The maximum atomic E-state index is 11.9.